The number of carbonyl (C=O) groups excluding carboxylic acids is 2. The Morgan fingerprint density at radius 1 is 0.655 bits per heavy atom. The molecule has 6 heteroatoms. The van der Waals surface area contributed by atoms with E-state index in [1.807, 2.05) is 25.1 Å². The first-order valence-electron chi connectivity index (χ1n) is 8.81. The predicted molar refractivity (Wildman–Crippen MR) is 116 cm³/mol. The number of halogens is 2. The van der Waals surface area contributed by atoms with E-state index < -0.39 is 10.5 Å². The molecule has 0 bridgehead atoms. The molecule has 0 aliphatic carbocycles. The van der Waals surface area contributed by atoms with E-state index in [9.17, 15) is 9.59 Å². The van der Waals surface area contributed by atoms with Crippen LogP contribution in [0.2, 0.25) is 0 Å². The highest BCUT2D eigenvalue weighted by Crippen LogP contribution is 2.32. The van der Waals surface area contributed by atoms with Gasteiger partial charge in [-0.15, -0.1) is 0 Å². The third-order valence-electron chi connectivity index (χ3n) is 4.59. The van der Waals surface area contributed by atoms with Gasteiger partial charge in [0.2, 0.25) is 0 Å². The third kappa shape index (κ3) is 3.90. The number of rotatable bonds is 4. The maximum absolute atomic E-state index is 11.4. The van der Waals surface area contributed by atoms with E-state index in [2.05, 4.69) is 0 Å². The summed E-state index contributed by atoms with van der Waals surface area (Å²) in [4.78, 5) is 32.4. The summed E-state index contributed by atoms with van der Waals surface area (Å²) in [5, 5.41) is -1.03. The molecule has 1 heterocycles. The summed E-state index contributed by atoms with van der Waals surface area (Å²) in [7, 11) is 0. The average molecular weight is 421 g/mol. The molecule has 0 aliphatic heterocycles. The molecule has 0 atom stereocenters. The summed E-state index contributed by atoms with van der Waals surface area (Å²) in [5.74, 6) is 0. The summed E-state index contributed by atoms with van der Waals surface area (Å²) in [6.45, 7) is 2.00. The lowest BCUT2D eigenvalue weighted by Gasteiger charge is -2.11. The van der Waals surface area contributed by atoms with Crippen LogP contribution in [0.4, 0.5) is 0 Å². The minimum absolute atomic E-state index is 0.409. The Morgan fingerprint density at radius 2 is 1.10 bits per heavy atom. The van der Waals surface area contributed by atoms with Crippen LogP contribution in [0.3, 0.4) is 0 Å². The van der Waals surface area contributed by atoms with Gasteiger partial charge in [0, 0.05) is 22.3 Å². The second-order valence-electron chi connectivity index (χ2n) is 6.62. The minimum atomic E-state index is -0.516. The van der Waals surface area contributed by atoms with Crippen molar-refractivity contribution in [3.8, 4) is 22.5 Å². The van der Waals surface area contributed by atoms with Gasteiger partial charge >= 0.3 is 0 Å². The topological polar surface area (TPSA) is 59.9 Å². The van der Waals surface area contributed by atoms with Crippen LogP contribution in [0.15, 0.2) is 66.7 Å². The molecule has 142 valence electrons. The summed E-state index contributed by atoms with van der Waals surface area (Å²) >= 11 is 11.1. The number of fused-ring (bicyclic) bond motifs is 1. The van der Waals surface area contributed by atoms with Gasteiger partial charge in [-0.25, -0.2) is 9.97 Å². The Kier molecular flexibility index (Phi) is 5.14. The first kappa shape index (κ1) is 19.2. The molecule has 0 aliphatic rings. The van der Waals surface area contributed by atoms with Gasteiger partial charge in [0.25, 0.3) is 10.5 Å². The van der Waals surface area contributed by atoms with E-state index in [0.717, 1.165) is 27.7 Å². The van der Waals surface area contributed by atoms with Crippen molar-refractivity contribution in [3.63, 3.8) is 0 Å². The van der Waals surface area contributed by atoms with Crippen molar-refractivity contribution in [3.05, 3.63) is 83.4 Å². The molecular formula is C23H14Cl2N2O2. The Morgan fingerprint density at radius 3 is 1.55 bits per heavy atom. The lowest BCUT2D eigenvalue weighted by atomic mass is 10.0. The fourth-order valence-corrected chi connectivity index (χ4v) is 3.34. The number of nitrogens with zero attached hydrogens (tertiary/aromatic N) is 2. The molecule has 1 aromatic heterocycles. The van der Waals surface area contributed by atoms with Crippen molar-refractivity contribution in [1.29, 1.82) is 0 Å². The predicted octanol–water partition coefficient (Wildman–Crippen LogP) is 6.03. The third-order valence-corrected chi connectivity index (χ3v) is 5.03. The molecule has 0 unspecified atom stereocenters. The molecule has 0 saturated carbocycles. The standard InChI is InChI=1S/C23H14Cl2N2O2/c1-13-2-11-18-19(12-13)27-21(15-5-9-17(10-6-15)23(25)29)20(26-18)14-3-7-16(8-4-14)22(24)28/h2-12H,1H3. The highest BCUT2D eigenvalue weighted by Gasteiger charge is 2.15. The van der Waals surface area contributed by atoms with Crippen molar-refractivity contribution in [2.24, 2.45) is 0 Å². The maximum atomic E-state index is 11.4. The normalized spacial score (nSPS) is 10.9. The molecule has 0 N–H and O–H groups in total. The second kappa shape index (κ2) is 7.74. The number of hydrogen-bond donors (Lipinski definition) is 0. The molecule has 0 saturated heterocycles. The summed E-state index contributed by atoms with van der Waals surface area (Å²) in [6, 6.07) is 19.7. The largest absolute Gasteiger partial charge is 0.276 e. The Bertz CT molecular complexity index is 1250. The molecule has 0 spiro atoms. The van der Waals surface area contributed by atoms with E-state index in [4.69, 9.17) is 33.2 Å². The van der Waals surface area contributed by atoms with Gasteiger partial charge < -0.3 is 0 Å². The van der Waals surface area contributed by atoms with E-state index >= 15 is 0 Å². The van der Waals surface area contributed by atoms with Crippen LogP contribution in [-0.2, 0) is 0 Å². The number of aryl methyl sites for hydroxylation is 1. The average Bonchev–Trinajstić information content (AvgIpc) is 2.73. The SMILES string of the molecule is Cc1ccc2nc(-c3ccc(C(=O)Cl)cc3)c(-c3ccc(C(=O)Cl)cc3)nc2c1. The van der Waals surface area contributed by atoms with Gasteiger partial charge in [0.1, 0.15) is 0 Å². The number of carbonyl (C=O) groups is 2. The lowest BCUT2D eigenvalue weighted by molar-refractivity contribution is 0.107. The Hall–Kier alpha value is -3.08. The van der Waals surface area contributed by atoms with Crippen molar-refractivity contribution in [1.82, 2.24) is 9.97 Å². The quantitative estimate of drug-likeness (QED) is 0.378. The number of benzene rings is 3. The van der Waals surface area contributed by atoms with E-state index in [0.29, 0.717) is 22.5 Å². The van der Waals surface area contributed by atoms with Gasteiger partial charge in [0.15, 0.2) is 0 Å². The molecule has 29 heavy (non-hydrogen) atoms. The van der Waals surface area contributed by atoms with Crippen LogP contribution >= 0.6 is 23.2 Å². The number of hydrogen-bond acceptors (Lipinski definition) is 4. The first-order chi connectivity index (χ1) is 13.9. The molecule has 0 fully saturated rings. The molecule has 0 radical (unpaired) electrons. The fraction of sp³-hybridized carbons (Fsp3) is 0.0435. The van der Waals surface area contributed by atoms with E-state index in [1.165, 1.54) is 0 Å². The zero-order valence-corrected chi connectivity index (χ0v) is 16.8. The van der Waals surface area contributed by atoms with E-state index in [-0.39, 0.29) is 0 Å². The molecular weight excluding hydrogens is 407 g/mol. The monoisotopic (exact) mass is 420 g/mol. The van der Waals surface area contributed by atoms with Crippen molar-refractivity contribution < 1.29 is 9.59 Å². The number of aromatic nitrogens is 2. The van der Waals surface area contributed by atoms with Gasteiger partial charge in [-0.3, -0.25) is 9.59 Å². The minimum Gasteiger partial charge on any atom is -0.276 e. The lowest BCUT2D eigenvalue weighted by Crippen LogP contribution is -1.97. The van der Waals surface area contributed by atoms with E-state index in [1.54, 1.807) is 48.5 Å². The summed E-state index contributed by atoms with van der Waals surface area (Å²) in [6.07, 6.45) is 0. The first-order valence-corrected chi connectivity index (χ1v) is 9.57. The molecule has 4 aromatic rings. The molecule has 0 amide bonds. The van der Waals surface area contributed by atoms with Crippen LogP contribution < -0.4 is 0 Å². The summed E-state index contributed by atoms with van der Waals surface area (Å²) in [5.41, 5.74) is 6.37. The molecule has 4 rings (SSSR count). The summed E-state index contributed by atoms with van der Waals surface area (Å²) < 4.78 is 0. The second-order valence-corrected chi connectivity index (χ2v) is 7.30. The van der Waals surface area contributed by atoms with Crippen LogP contribution in [0, 0.1) is 6.92 Å². The molecule has 3 aromatic carbocycles. The highest BCUT2D eigenvalue weighted by atomic mass is 35.5. The van der Waals surface area contributed by atoms with Crippen molar-refractivity contribution in [2.45, 2.75) is 6.92 Å². The molecule has 4 nitrogen and oxygen atoms in total. The maximum Gasteiger partial charge on any atom is 0.252 e. The van der Waals surface area contributed by atoms with Crippen LogP contribution in [0.1, 0.15) is 26.3 Å². The van der Waals surface area contributed by atoms with Crippen LogP contribution in [-0.4, -0.2) is 20.5 Å². The zero-order valence-electron chi connectivity index (χ0n) is 15.3. The van der Waals surface area contributed by atoms with Crippen molar-refractivity contribution in [2.75, 3.05) is 0 Å². The van der Waals surface area contributed by atoms with Gasteiger partial charge in [0.05, 0.1) is 22.4 Å². The van der Waals surface area contributed by atoms with Crippen molar-refractivity contribution >= 4 is 44.7 Å². The highest BCUT2D eigenvalue weighted by molar-refractivity contribution is 6.68. The van der Waals surface area contributed by atoms with Gasteiger partial charge in [-0.05, 0) is 72.1 Å². The van der Waals surface area contributed by atoms with Crippen LogP contribution in [0.25, 0.3) is 33.5 Å². The fourth-order valence-electron chi connectivity index (χ4n) is 3.09. The van der Waals surface area contributed by atoms with Gasteiger partial charge in [-0.1, -0.05) is 30.3 Å². The Balaban J connectivity index is 1.93. The zero-order chi connectivity index (χ0) is 20.5. The Labute approximate surface area is 177 Å². The van der Waals surface area contributed by atoms with Crippen LogP contribution in [0.5, 0.6) is 0 Å². The smallest absolute Gasteiger partial charge is 0.252 e. The van der Waals surface area contributed by atoms with Gasteiger partial charge in [-0.2, -0.15) is 0 Å².